The second kappa shape index (κ2) is 3.63. The molecule has 3 aromatic rings. The average Bonchev–Trinajstić information content (AvgIpc) is 2.93. The number of rotatable bonds is 2. The number of nitrogen functional groups attached to an aromatic ring is 1. The molecule has 0 radical (unpaired) electrons. The number of furan rings is 1. The summed E-state index contributed by atoms with van der Waals surface area (Å²) in [6, 6.07) is 6.99. The number of nitrogens with two attached hydrogens (primary N) is 1. The summed E-state index contributed by atoms with van der Waals surface area (Å²) in [5.74, 6) is -1.37. The van der Waals surface area contributed by atoms with Crippen LogP contribution in [0.5, 0.6) is 0 Å². The minimum Gasteiger partial charge on any atom is -0.477 e. The molecule has 0 amide bonds. The van der Waals surface area contributed by atoms with Gasteiger partial charge in [-0.2, -0.15) is 0 Å². The lowest BCUT2D eigenvalue weighted by molar-refractivity contribution is 0.0698. The first kappa shape index (κ1) is 10.4. The van der Waals surface area contributed by atoms with E-state index in [1.807, 2.05) is 0 Å². The van der Waals surface area contributed by atoms with Gasteiger partial charge in [0.25, 0.3) is 0 Å². The van der Waals surface area contributed by atoms with Crippen molar-refractivity contribution in [3.63, 3.8) is 0 Å². The van der Waals surface area contributed by atoms with E-state index in [2.05, 4.69) is 5.16 Å². The molecule has 0 bridgehead atoms. The van der Waals surface area contributed by atoms with Crippen molar-refractivity contribution in [3.8, 4) is 11.3 Å². The first-order valence-electron chi connectivity index (χ1n) is 5.13. The van der Waals surface area contributed by atoms with Crippen molar-refractivity contribution in [2.24, 2.45) is 0 Å². The van der Waals surface area contributed by atoms with E-state index >= 15 is 0 Å². The van der Waals surface area contributed by atoms with E-state index in [4.69, 9.17) is 19.8 Å². The maximum Gasteiger partial charge on any atom is 0.343 e. The van der Waals surface area contributed by atoms with Gasteiger partial charge in [-0.1, -0.05) is 5.16 Å². The normalized spacial score (nSPS) is 10.9. The van der Waals surface area contributed by atoms with Crippen LogP contribution in [0.3, 0.4) is 0 Å². The van der Waals surface area contributed by atoms with Gasteiger partial charge in [-0.05, 0) is 24.3 Å². The molecule has 0 aliphatic carbocycles. The maximum atomic E-state index is 11.1. The first-order chi connectivity index (χ1) is 8.66. The summed E-state index contributed by atoms with van der Waals surface area (Å²) in [6.45, 7) is 0. The van der Waals surface area contributed by atoms with Crippen molar-refractivity contribution in [2.45, 2.75) is 0 Å². The van der Waals surface area contributed by atoms with Crippen molar-refractivity contribution in [1.29, 1.82) is 0 Å². The van der Waals surface area contributed by atoms with Gasteiger partial charge in [0.15, 0.2) is 5.56 Å². The number of anilines is 1. The van der Waals surface area contributed by atoms with E-state index in [0.717, 1.165) is 5.39 Å². The minimum absolute atomic E-state index is 0.127. The summed E-state index contributed by atoms with van der Waals surface area (Å²) in [4.78, 5) is 11.1. The third-order valence-corrected chi connectivity index (χ3v) is 2.66. The summed E-state index contributed by atoms with van der Waals surface area (Å²) < 4.78 is 9.94. The van der Waals surface area contributed by atoms with Crippen LogP contribution in [0.25, 0.3) is 22.2 Å². The summed E-state index contributed by atoms with van der Waals surface area (Å²) in [5.41, 5.74) is 6.86. The molecule has 0 saturated heterocycles. The summed E-state index contributed by atoms with van der Waals surface area (Å²) >= 11 is 0. The van der Waals surface area contributed by atoms with Crippen LogP contribution in [0, 0.1) is 0 Å². The molecule has 2 aromatic heterocycles. The molecule has 0 atom stereocenters. The molecule has 6 heteroatoms. The quantitative estimate of drug-likeness (QED) is 0.717. The van der Waals surface area contributed by atoms with Crippen LogP contribution in [-0.4, -0.2) is 16.2 Å². The lowest BCUT2D eigenvalue weighted by Crippen LogP contribution is -2.01. The number of hydrogen-bond acceptors (Lipinski definition) is 5. The van der Waals surface area contributed by atoms with Gasteiger partial charge in [0, 0.05) is 10.9 Å². The van der Waals surface area contributed by atoms with Crippen LogP contribution in [0.1, 0.15) is 10.4 Å². The van der Waals surface area contributed by atoms with E-state index in [9.17, 15) is 4.79 Å². The zero-order valence-corrected chi connectivity index (χ0v) is 9.08. The zero-order chi connectivity index (χ0) is 12.7. The van der Waals surface area contributed by atoms with Gasteiger partial charge < -0.3 is 19.8 Å². The molecule has 3 N–H and O–H groups in total. The first-order valence-corrected chi connectivity index (χ1v) is 5.13. The Hall–Kier alpha value is -2.76. The fourth-order valence-corrected chi connectivity index (χ4v) is 1.82. The van der Waals surface area contributed by atoms with Crippen LogP contribution in [0.4, 0.5) is 5.88 Å². The Morgan fingerprint density at radius 2 is 2.17 bits per heavy atom. The van der Waals surface area contributed by atoms with E-state index in [-0.39, 0.29) is 17.1 Å². The second-order valence-corrected chi connectivity index (χ2v) is 3.75. The highest BCUT2D eigenvalue weighted by atomic mass is 16.5. The predicted octanol–water partition coefficient (Wildman–Crippen LogP) is 2.37. The van der Waals surface area contributed by atoms with E-state index in [0.29, 0.717) is 11.1 Å². The number of hydrogen-bond donors (Lipinski definition) is 2. The highest BCUT2D eigenvalue weighted by Gasteiger charge is 2.21. The molecule has 90 valence electrons. The van der Waals surface area contributed by atoms with Gasteiger partial charge in [0.1, 0.15) is 11.3 Å². The number of aromatic carboxylic acids is 1. The van der Waals surface area contributed by atoms with Crippen molar-refractivity contribution in [3.05, 3.63) is 36.1 Å². The van der Waals surface area contributed by atoms with Crippen LogP contribution in [0.2, 0.25) is 0 Å². The highest BCUT2D eigenvalue weighted by molar-refractivity contribution is 5.99. The van der Waals surface area contributed by atoms with Gasteiger partial charge in [-0.15, -0.1) is 0 Å². The molecular weight excluding hydrogens is 236 g/mol. The smallest absolute Gasteiger partial charge is 0.343 e. The van der Waals surface area contributed by atoms with Crippen molar-refractivity contribution in [2.75, 3.05) is 5.73 Å². The van der Waals surface area contributed by atoms with Gasteiger partial charge in [0.05, 0.1) is 6.26 Å². The Bertz CT molecular complexity index is 741. The number of nitrogens with zero attached hydrogens (tertiary/aromatic N) is 1. The topological polar surface area (TPSA) is 102 Å². The number of carboxylic acids is 1. The third-order valence-electron chi connectivity index (χ3n) is 2.66. The Balaban J connectivity index is 2.22. The van der Waals surface area contributed by atoms with E-state index in [1.165, 1.54) is 0 Å². The standard InChI is InChI=1S/C12H8N2O4/c13-11-9(12(15)16)10(14-18-11)7-1-2-8-6(5-7)3-4-17-8/h1-5H,13H2,(H,15,16). The Kier molecular flexibility index (Phi) is 2.09. The molecule has 3 rings (SSSR count). The van der Waals surface area contributed by atoms with Crippen LogP contribution < -0.4 is 5.73 Å². The van der Waals surface area contributed by atoms with E-state index < -0.39 is 5.97 Å². The molecule has 6 nitrogen and oxygen atoms in total. The highest BCUT2D eigenvalue weighted by Crippen LogP contribution is 2.29. The molecule has 0 saturated carbocycles. The predicted molar refractivity (Wildman–Crippen MR) is 63.1 cm³/mol. The lowest BCUT2D eigenvalue weighted by atomic mass is 10.1. The number of fused-ring (bicyclic) bond motifs is 1. The molecule has 1 aromatic carbocycles. The molecule has 0 spiro atoms. The van der Waals surface area contributed by atoms with E-state index in [1.54, 1.807) is 30.5 Å². The van der Waals surface area contributed by atoms with Crippen molar-refractivity contribution in [1.82, 2.24) is 5.16 Å². The minimum atomic E-state index is -1.17. The largest absolute Gasteiger partial charge is 0.477 e. The van der Waals surface area contributed by atoms with Crippen molar-refractivity contribution >= 4 is 22.8 Å². The number of carbonyl (C=O) groups is 1. The van der Waals surface area contributed by atoms with Crippen LogP contribution in [0.15, 0.2) is 39.5 Å². The SMILES string of the molecule is Nc1onc(-c2ccc3occc3c2)c1C(=O)O. The van der Waals surface area contributed by atoms with Gasteiger partial charge in [0.2, 0.25) is 5.88 Å². The Morgan fingerprint density at radius 3 is 2.94 bits per heavy atom. The lowest BCUT2D eigenvalue weighted by Gasteiger charge is -1.98. The molecule has 0 fully saturated rings. The Labute approximate surface area is 101 Å². The van der Waals surface area contributed by atoms with Gasteiger partial charge >= 0.3 is 5.97 Å². The fourth-order valence-electron chi connectivity index (χ4n) is 1.82. The third kappa shape index (κ3) is 1.43. The average molecular weight is 244 g/mol. The summed E-state index contributed by atoms with van der Waals surface area (Å²) in [7, 11) is 0. The van der Waals surface area contributed by atoms with Gasteiger partial charge in [-0.3, -0.25) is 0 Å². The Morgan fingerprint density at radius 1 is 1.33 bits per heavy atom. The monoisotopic (exact) mass is 244 g/mol. The van der Waals surface area contributed by atoms with Gasteiger partial charge in [-0.25, -0.2) is 4.79 Å². The summed E-state index contributed by atoms with van der Waals surface area (Å²) in [5, 5.41) is 13.6. The zero-order valence-electron chi connectivity index (χ0n) is 9.08. The molecule has 0 unspecified atom stereocenters. The molecular formula is C12H8N2O4. The maximum absolute atomic E-state index is 11.1. The van der Waals surface area contributed by atoms with Crippen LogP contribution in [-0.2, 0) is 0 Å². The molecule has 0 aliphatic rings. The summed E-state index contributed by atoms with van der Waals surface area (Å²) in [6.07, 6.45) is 1.56. The molecule has 18 heavy (non-hydrogen) atoms. The molecule has 0 aliphatic heterocycles. The van der Waals surface area contributed by atoms with Crippen LogP contribution >= 0.6 is 0 Å². The molecule has 2 heterocycles. The fraction of sp³-hybridized carbons (Fsp3) is 0. The second-order valence-electron chi connectivity index (χ2n) is 3.75. The number of benzene rings is 1. The number of aromatic nitrogens is 1. The van der Waals surface area contributed by atoms with Crippen molar-refractivity contribution < 1.29 is 18.8 Å². The number of carboxylic acid groups (broad SMARTS) is 1.